The predicted octanol–water partition coefficient (Wildman–Crippen LogP) is 4.68. The van der Waals surface area contributed by atoms with Crippen molar-refractivity contribution in [2.75, 3.05) is 0 Å². The van der Waals surface area contributed by atoms with Crippen molar-refractivity contribution < 1.29 is 5.11 Å². The minimum atomic E-state index is -0.809. The van der Waals surface area contributed by atoms with Crippen LogP contribution in [0, 0.1) is 0 Å². The highest BCUT2D eigenvalue weighted by Crippen LogP contribution is 2.21. The van der Waals surface area contributed by atoms with Gasteiger partial charge in [0.25, 0.3) is 0 Å². The molecule has 0 saturated heterocycles. The summed E-state index contributed by atoms with van der Waals surface area (Å²) in [5.41, 5.74) is 0.00317. The Morgan fingerprint density at radius 2 is 1.26 bits per heavy atom. The van der Waals surface area contributed by atoms with Crippen molar-refractivity contribution in [3.8, 4) is 0 Å². The third-order valence-corrected chi connectivity index (χ3v) is 3.38. The van der Waals surface area contributed by atoms with Crippen LogP contribution in [-0.4, -0.2) is 15.1 Å². The van der Waals surface area contributed by atoms with Crippen molar-refractivity contribution >= 4 is 47.8 Å². The zero-order valence-corrected chi connectivity index (χ0v) is 15.2. The Kier molecular flexibility index (Phi) is 6.59. The number of halogens is 3. The first-order chi connectivity index (χ1) is 8.79. The summed E-state index contributed by atoms with van der Waals surface area (Å²) in [7, 11) is 0. The molecule has 0 unspecified atom stereocenters. The summed E-state index contributed by atoms with van der Waals surface area (Å²) in [5.74, 6) is 0. The lowest BCUT2D eigenvalue weighted by Crippen LogP contribution is -2.15. The Balaban J connectivity index is 0.000000200. The Morgan fingerprint density at radius 3 is 1.53 bits per heavy atom. The van der Waals surface area contributed by atoms with Crippen LogP contribution in [0.2, 0.25) is 0 Å². The second-order valence-corrected chi connectivity index (χ2v) is 7.02. The summed E-state index contributed by atoms with van der Waals surface area (Å²) < 4.78 is 2.87. The summed E-state index contributed by atoms with van der Waals surface area (Å²) in [6, 6.07) is 3.79. The van der Waals surface area contributed by atoms with Gasteiger partial charge in [-0.25, -0.2) is 0 Å². The molecule has 3 nitrogen and oxygen atoms in total. The van der Waals surface area contributed by atoms with Gasteiger partial charge in [-0.1, -0.05) is 0 Å². The average molecular weight is 453 g/mol. The van der Waals surface area contributed by atoms with Crippen molar-refractivity contribution in [2.45, 2.75) is 19.4 Å². The van der Waals surface area contributed by atoms with Gasteiger partial charge < -0.3 is 5.11 Å². The van der Waals surface area contributed by atoms with E-state index in [9.17, 15) is 5.11 Å². The SMILES string of the molecule is Brc1cncc(Br)c1.CC(C)(O)c1cncc(Br)c1. The zero-order valence-electron chi connectivity index (χ0n) is 10.4. The van der Waals surface area contributed by atoms with E-state index in [1.54, 1.807) is 38.6 Å². The van der Waals surface area contributed by atoms with Crippen molar-refractivity contribution in [2.24, 2.45) is 0 Å². The van der Waals surface area contributed by atoms with Crippen LogP contribution in [0.1, 0.15) is 19.4 Å². The molecule has 2 rings (SSSR count). The van der Waals surface area contributed by atoms with Crippen molar-refractivity contribution in [1.29, 1.82) is 0 Å². The van der Waals surface area contributed by atoms with Crippen LogP contribution in [0.4, 0.5) is 0 Å². The zero-order chi connectivity index (χ0) is 14.5. The summed E-state index contributed by atoms with van der Waals surface area (Å²) in [5, 5.41) is 9.55. The monoisotopic (exact) mass is 450 g/mol. The molecule has 2 aromatic heterocycles. The molecule has 2 aromatic rings. The van der Waals surface area contributed by atoms with E-state index in [2.05, 4.69) is 57.8 Å². The maximum absolute atomic E-state index is 9.55. The molecular weight excluding hydrogens is 440 g/mol. The van der Waals surface area contributed by atoms with E-state index in [-0.39, 0.29) is 0 Å². The van der Waals surface area contributed by atoms with Gasteiger partial charge >= 0.3 is 0 Å². The first-order valence-corrected chi connectivity index (χ1v) is 7.76. The van der Waals surface area contributed by atoms with Crippen LogP contribution < -0.4 is 0 Å². The Morgan fingerprint density at radius 1 is 0.842 bits per heavy atom. The van der Waals surface area contributed by atoms with Crippen molar-refractivity contribution in [1.82, 2.24) is 9.97 Å². The van der Waals surface area contributed by atoms with E-state index in [4.69, 9.17) is 0 Å². The van der Waals surface area contributed by atoms with Gasteiger partial charge in [-0.05, 0) is 73.8 Å². The molecule has 0 atom stereocenters. The predicted molar refractivity (Wildman–Crippen MR) is 86.8 cm³/mol. The lowest BCUT2D eigenvalue weighted by molar-refractivity contribution is 0.0781. The molecule has 19 heavy (non-hydrogen) atoms. The maximum Gasteiger partial charge on any atom is 0.0855 e. The fraction of sp³-hybridized carbons (Fsp3) is 0.231. The van der Waals surface area contributed by atoms with Gasteiger partial charge in [0.15, 0.2) is 0 Å². The molecule has 2 heterocycles. The standard InChI is InChI=1S/C8H10BrNO.C5H3Br2N/c1-8(2,11)6-3-7(9)5-10-4-6;6-4-1-5(7)3-8-2-4/h3-5,11H,1-2H3;1-3H. The third-order valence-electron chi connectivity index (χ3n) is 2.08. The third kappa shape index (κ3) is 6.61. The fourth-order valence-corrected chi connectivity index (χ4v) is 2.53. The summed E-state index contributed by atoms with van der Waals surface area (Å²) in [6.45, 7) is 3.47. The summed E-state index contributed by atoms with van der Waals surface area (Å²) in [6.07, 6.45) is 6.83. The molecule has 0 aliphatic carbocycles. The van der Waals surface area contributed by atoms with E-state index in [1.807, 2.05) is 12.1 Å². The Hall–Kier alpha value is -0.300. The number of pyridine rings is 2. The topological polar surface area (TPSA) is 46.0 Å². The van der Waals surface area contributed by atoms with Gasteiger partial charge in [-0.15, -0.1) is 0 Å². The van der Waals surface area contributed by atoms with Gasteiger partial charge in [0.2, 0.25) is 0 Å². The number of hydrogen-bond acceptors (Lipinski definition) is 3. The van der Waals surface area contributed by atoms with Crippen LogP contribution in [0.3, 0.4) is 0 Å². The number of hydrogen-bond donors (Lipinski definition) is 1. The number of rotatable bonds is 1. The maximum atomic E-state index is 9.55. The molecule has 0 aromatic carbocycles. The Bertz CT molecular complexity index is 524. The Labute approximate surface area is 137 Å². The van der Waals surface area contributed by atoms with E-state index >= 15 is 0 Å². The summed E-state index contributed by atoms with van der Waals surface area (Å²) >= 11 is 9.82. The van der Waals surface area contributed by atoms with E-state index in [1.165, 1.54) is 0 Å². The summed E-state index contributed by atoms with van der Waals surface area (Å²) in [4.78, 5) is 7.83. The normalized spacial score (nSPS) is 10.6. The number of aliphatic hydroxyl groups is 1. The lowest BCUT2D eigenvalue weighted by atomic mass is 10.0. The second kappa shape index (κ2) is 7.47. The first kappa shape index (κ1) is 16.8. The van der Waals surface area contributed by atoms with Crippen LogP contribution in [0.25, 0.3) is 0 Å². The van der Waals surface area contributed by atoms with Crippen molar-refractivity contribution in [3.05, 3.63) is 55.9 Å². The van der Waals surface area contributed by atoms with E-state index < -0.39 is 5.60 Å². The first-order valence-electron chi connectivity index (χ1n) is 5.38. The minimum Gasteiger partial charge on any atom is -0.386 e. The molecular formula is C13H13Br3N2O. The van der Waals surface area contributed by atoms with E-state index in [0.717, 1.165) is 19.0 Å². The molecule has 102 valence electrons. The van der Waals surface area contributed by atoms with Gasteiger partial charge in [-0.2, -0.15) is 0 Å². The molecule has 6 heteroatoms. The van der Waals surface area contributed by atoms with Crippen LogP contribution in [0.15, 0.2) is 50.3 Å². The van der Waals surface area contributed by atoms with Crippen LogP contribution in [-0.2, 0) is 5.60 Å². The van der Waals surface area contributed by atoms with Gasteiger partial charge in [-0.3, -0.25) is 9.97 Å². The molecule has 0 radical (unpaired) electrons. The molecule has 0 saturated carbocycles. The fourth-order valence-electron chi connectivity index (χ4n) is 1.13. The number of aromatic nitrogens is 2. The van der Waals surface area contributed by atoms with Crippen LogP contribution >= 0.6 is 47.8 Å². The molecule has 0 spiro atoms. The van der Waals surface area contributed by atoms with Gasteiger partial charge in [0.1, 0.15) is 0 Å². The molecule has 0 fully saturated rings. The minimum absolute atomic E-state index is 0.809. The smallest absolute Gasteiger partial charge is 0.0855 e. The lowest BCUT2D eigenvalue weighted by Gasteiger charge is -2.16. The van der Waals surface area contributed by atoms with Crippen LogP contribution in [0.5, 0.6) is 0 Å². The van der Waals surface area contributed by atoms with Gasteiger partial charge in [0.05, 0.1) is 5.60 Å². The van der Waals surface area contributed by atoms with Gasteiger partial charge in [0, 0.05) is 43.8 Å². The van der Waals surface area contributed by atoms with E-state index in [0.29, 0.717) is 0 Å². The second-order valence-electron chi connectivity index (χ2n) is 4.27. The highest BCUT2D eigenvalue weighted by atomic mass is 79.9. The average Bonchev–Trinajstić information content (AvgIpc) is 2.28. The molecule has 0 bridgehead atoms. The highest BCUT2D eigenvalue weighted by Gasteiger charge is 2.15. The molecule has 0 aliphatic heterocycles. The highest BCUT2D eigenvalue weighted by molar-refractivity contribution is 9.11. The molecule has 1 N–H and O–H groups in total. The number of nitrogens with zero attached hydrogens (tertiary/aromatic N) is 2. The quantitative estimate of drug-likeness (QED) is 0.683. The largest absolute Gasteiger partial charge is 0.386 e. The molecule has 0 aliphatic rings. The molecule has 0 amide bonds. The van der Waals surface area contributed by atoms with Crippen molar-refractivity contribution in [3.63, 3.8) is 0 Å².